The van der Waals surface area contributed by atoms with Crippen LogP contribution in [0.2, 0.25) is 0 Å². The van der Waals surface area contributed by atoms with Gasteiger partial charge in [-0.2, -0.15) is 0 Å². The highest BCUT2D eigenvalue weighted by Crippen LogP contribution is 2.53. The summed E-state index contributed by atoms with van der Waals surface area (Å²) in [6, 6.07) is 8.90. The quantitative estimate of drug-likeness (QED) is 0.166. The Balaban J connectivity index is 1.61. The van der Waals surface area contributed by atoms with Crippen molar-refractivity contribution in [2.45, 2.75) is 67.6 Å². The van der Waals surface area contributed by atoms with Crippen LogP contribution in [0.3, 0.4) is 0 Å². The molecule has 2 heterocycles. The van der Waals surface area contributed by atoms with Crippen LogP contribution in [-0.2, 0) is 33.3 Å². The zero-order chi connectivity index (χ0) is 28.5. The van der Waals surface area contributed by atoms with Crippen LogP contribution in [0.1, 0.15) is 18.9 Å². The summed E-state index contributed by atoms with van der Waals surface area (Å²) in [5, 5.41) is 63.3. The van der Waals surface area contributed by atoms with E-state index in [9.17, 15) is 40.2 Å². The van der Waals surface area contributed by atoms with Gasteiger partial charge in [-0.25, -0.2) is 9.59 Å². The van der Waals surface area contributed by atoms with Crippen molar-refractivity contribution in [3.05, 3.63) is 53.8 Å². The zero-order valence-electron chi connectivity index (χ0n) is 21.2. The van der Waals surface area contributed by atoms with E-state index in [1.807, 2.05) is 6.07 Å². The third kappa shape index (κ3) is 5.44. The fraction of sp³-hybridized carbons (Fsp3) is 0.538. The monoisotopic (exact) mass is 552 g/mol. The van der Waals surface area contributed by atoms with Crippen molar-refractivity contribution >= 4 is 18.0 Å². The smallest absolute Gasteiger partial charge is 0.339 e. The first-order valence-electron chi connectivity index (χ1n) is 12.2. The third-order valence-corrected chi connectivity index (χ3v) is 7.34. The number of aliphatic hydroxyl groups excluding tert-OH is 4. The molecule has 0 amide bonds. The van der Waals surface area contributed by atoms with E-state index in [-0.39, 0.29) is 5.57 Å². The molecule has 2 aliphatic heterocycles. The van der Waals surface area contributed by atoms with Gasteiger partial charge in [-0.05, 0) is 18.6 Å². The normalized spacial score (nSPS) is 39.9. The first kappa shape index (κ1) is 29.1. The van der Waals surface area contributed by atoms with Crippen molar-refractivity contribution in [3.63, 3.8) is 0 Å². The van der Waals surface area contributed by atoms with Gasteiger partial charge in [0.15, 0.2) is 6.29 Å². The number of ether oxygens (including phenoxy) is 5. The number of esters is 2. The van der Waals surface area contributed by atoms with Crippen LogP contribution in [0.25, 0.3) is 6.08 Å². The minimum Gasteiger partial charge on any atom is -0.471 e. The maximum Gasteiger partial charge on any atom is 0.339 e. The average molecular weight is 553 g/mol. The van der Waals surface area contributed by atoms with Crippen molar-refractivity contribution in [1.29, 1.82) is 0 Å². The van der Waals surface area contributed by atoms with Crippen molar-refractivity contribution in [3.8, 4) is 0 Å². The molecule has 1 aromatic carbocycles. The van der Waals surface area contributed by atoms with Crippen LogP contribution in [0.15, 0.2) is 48.2 Å². The van der Waals surface area contributed by atoms with Crippen LogP contribution in [-0.4, -0.2) is 111 Å². The Hall–Kier alpha value is -2.88. The van der Waals surface area contributed by atoms with E-state index in [4.69, 9.17) is 23.7 Å². The molecule has 3 aliphatic rings. The molecule has 10 atom stereocenters. The molecule has 39 heavy (non-hydrogen) atoms. The summed E-state index contributed by atoms with van der Waals surface area (Å²) >= 11 is 0. The number of carbonyl (C=O) groups is 2. The van der Waals surface area contributed by atoms with Gasteiger partial charge in [-0.3, -0.25) is 0 Å². The number of benzene rings is 1. The van der Waals surface area contributed by atoms with E-state index >= 15 is 0 Å². The van der Waals surface area contributed by atoms with Gasteiger partial charge in [0, 0.05) is 12.5 Å². The molecule has 2 fully saturated rings. The van der Waals surface area contributed by atoms with E-state index in [1.165, 1.54) is 13.0 Å². The van der Waals surface area contributed by atoms with Gasteiger partial charge < -0.3 is 54.3 Å². The Bertz CT molecular complexity index is 1100. The molecule has 214 valence electrons. The van der Waals surface area contributed by atoms with Gasteiger partial charge in [0.25, 0.3) is 0 Å². The summed E-state index contributed by atoms with van der Waals surface area (Å²) in [5.74, 6) is -3.31. The summed E-state index contributed by atoms with van der Waals surface area (Å²) in [6.45, 7) is 0.532. The van der Waals surface area contributed by atoms with E-state index in [2.05, 4.69) is 0 Å². The summed E-state index contributed by atoms with van der Waals surface area (Å²) in [6.07, 6.45) is -8.13. The molecule has 1 aliphatic carbocycles. The summed E-state index contributed by atoms with van der Waals surface area (Å²) in [4.78, 5) is 25.1. The van der Waals surface area contributed by atoms with Gasteiger partial charge in [0.05, 0.1) is 25.9 Å². The Kier molecular flexibility index (Phi) is 8.44. The molecule has 4 rings (SSSR count). The van der Waals surface area contributed by atoms with Crippen LogP contribution in [0.5, 0.6) is 0 Å². The van der Waals surface area contributed by atoms with Crippen molar-refractivity contribution in [1.82, 2.24) is 0 Å². The maximum atomic E-state index is 12.6. The number of hydrogen-bond acceptors (Lipinski definition) is 13. The molecular weight excluding hydrogens is 520 g/mol. The number of carbonyl (C=O) groups excluding carboxylic acids is 2. The SMILES string of the molecule is COC(=O)C1=CO[C@@H](O[C@@H]2O[C@H](CO)[C@@H](O)[C@H](O)[C@H]2O)[C@@H]2[C@@](C)(O)[C@@H](OC(=O)/C=C\c3ccccc3)C[C@]12O. The van der Waals surface area contributed by atoms with Gasteiger partial charge in [-0.1, -0.05) is 30.3 Å². The van der Waals surface area contributed by atoms with Crippen LogP contribution in [0, 0.1) is 5.92 Å². The Morgan fingerprint density at radius 2 is 1.77 bits per heavy atom. The molecule has 0 radical (unpaired) electrons. The fourth-order valence-electron chi connectivity index (χ4n) is 5.22. The van der Waals surface area contributed by atoms with Gasteiger partial charge in [0.2, 0.25) is 6.29 Å². The lowest BCUT2D eigenvalue weighted by molar-refractivity contribution is -0.352. The largest absolute Gasteiger partial charge is 0.471 e. The highest BCUT2D eigenvalue weighted by molar-refractivity contribution is 5.91. The lowest BCUT2D eigenvalue weighted by Crippen LogP contribution is -2.62. The summed E-state index contributed by atoms with van der Waals surface area (Å²) in [5.41, 5.74) is -3.92. The van der Waals surface area contributed by atoms with E-state index in [0.717, 1.165) is 25.0 Å². The number of methoxy groups -OCH3 is 1. The molecule has 0 unspecified atom stereocenters. The van der Waals surface area contributed by atoms with Gasteiger partial charge in [0.1, 0.15) is 47.3 Å². The molecule has 13 heteroatoms. The molecule has 0 spiro atoms. The van der Waals surface area contributed by atoms with E-state index in [0.29, 0.717) is 0 Å². The van der Waals surface area contributed by atoms with Gasteiger partial charge in [-0.15, -0.1) is 0 Å². The Morgan fingerprint density at radius 3 is 2.41 bits per heavy atom. The predicted octanol–water partition coefficient (Wildman–Crippen LogP) is -1.66. The fourth-order valence-corrected chi connectivity index (χ4v) is 5.22. The number of hydrogen-bond donors (Lipinski definition) is 6. The third-order valence-electron chi connectivity index (χ3n) is 7.34. The first-order chi connectivity index (χ1) is 18.4. The van der Waals surface area contributed by atoms with Crippen molar-refractivity contribution in [2.75, 3.05) is 13.7 Å². The number of aliphatic hydroxyl groups is 6. The lowest BCUT2D eigenvalue weighted by Gasteiger charge is -2.46. The zero-order valence-corrected chi connectivity index (χ0v) is 21.2. The molecule has 0 aromatic heterocycles. The second-order valence-corrected chi connectivity index (χ2v) is 9.86. The van der Waals surface area contributed by atoms with Crippen LogP contribution >= 0.6 is 0 Å². The number of fused-ring (bicyclic) bond motifs is 1. The van der Waals surface area contributed by atoms with Crippen LogP contribution in [0.4, 0.5) is 0 Å². The number of rotatable bonds is 7. The van der Waals surface area contributed by atoms with Crippen molar-refractivity contribution < 1.29 is 63.9 Å². The highest BCUT2D eigenvalue weighted by atomic mass is 16.8. The van der Waals surface area contributed by atoms with E-state index < -0.39 is 85.2 Å². The topological polar surface area (TPSA) is 202 Å². The molecule has 1 saturated heterocycles. The summed E-state index contributed by atoms with van der Waals surface area (Å²) < 4.78 is 26.8. The molecule has 0 bridgehead atoms. The Labute approximate surface area is 223 Å². The predicted molar refractivity (Wildman–Crippen MR) is 129 cm³/mol. The standard InChI is InChI=1S/C26H32O13/c1-25(33)16(38-17(28)9-8-13-6-4-3-5-7-13)10-26(34)14(22(32)35-2)12-36-24(21(25)26)39-23-20(31)19(30)18(29)15(11-27)37-23/h3-9,12,15-16,18-21,23-24,27,29-31,33-34H,10-11H2,1-2H3/b9-8-/t15-,16+,18-,19+,20-,21-,23+,24+,25+,26+/m1/s1. The highest BCUT2D eigenvalue weighted by Gasteiger charge is 2.69. The van der Waals surface area contributed by atoms with Crippen molar-refractivity contribution in [2.24, 2.45) is 5.92 Å². The first-order valence-corrected chi connectivity index (χ1v) is 12.2. The maximum absolute atomic E-state index is 12.6. The lowest BCUT2D eigenvalue weighted by atomic mass is 9.77. The minimum atomic E-state index is -2.19. The average Bonchev–Trinajstić information content (AvgIpc) is 3.12. The van der Waals surface area contributed by atoms with E-state index in [1.54, 1.807) is 24.3 Å². The van der Waals surface area contributed by atoms with Gasteiger partial charge >= 0.3 is 11.9 Å². The molecule has 13 nitrogen and oxygen atoms in total. The van der Waals surface area contributed by atoms with Crippen LogP contribution < -0.4 is 0 Å². The molecule has 1 aromatic rings. The molecule has 1 saturated carbocycles. The second kappa shape index (κ2) is 11.3. The summed E-state index contributed by atoms with van der Waals surface area (Å²) in [7, 11) is 1.08. The molecule has 6 N–H and O–H groups in total. The minimum absolute atomic E-state index is 0.373. The molecular formula is C26H32O13. The second-order valence-electron chi connectivity index (χ2n) is 9.86. The Morgan fingerprint density at radius 1 is 1.08 bits per heavy atom.